The molecule has 1 saturated carbocycles. The standard InChI is InChI=1S/C19H30N4O/c1-15-11-19(21-14-20-15)23(17-4-5-17)18-6-8-22(9-7-18)12-16-3-2-10-24-13-16/h11,14,16-18H,2-10,12-13H2,1H3. The SMILES string of the molecule is Cc1cc(N(C2CC2)C2CCN(CC3CCCOC3)CC2)ncn1. The molecule has 132 valence electrons. The summed E-state index contributed by atoms with van der Waals surface area (Å²) >= 11 is 0. The summed E-state index contributed by atoms with van der Waals surface area (Å²) in [5.74, 6) is 1.89. The predicted molar refractivity (Wildman–Crippen MR) is 95.3 cm³/mol. The minimum absolute atomic E-state index is 0.644. The highest BCUT2D eigenvalue weighted by Gasteiger charge is 2.36. The molecule has 2 aliphatic heterocycles. The molecule has 3 heterocycles. The van der Waals surface area contributed by atoms with Crippen LogP contribution in [0.2, 0.25) is 0 Å². The second-order valence-corrected chi connectivity index (χ2v) is 7.77. The Hall–Kier alpha value is -1.20. The number of aromatic nitrogens is 2. The fourth-order valence-electron chi connectivity index (χ4n) is 4.30. The van der Waals surface area contributed by atoms with Crippen LogP contribution in [-0.2, 0) is 4.74 Å². The molecule has 1 atom stereocenters. The van der Waals surface area contributed by atoms with Crippen molar-refractivity contribution in [3.8, 4) is 0 Å². The van der Waals surface area contributed by atoms with Gasteiger partial charge in [-0.15, -0.1) is 0 Å². The lowest BCUT2D eigenvalue weighted by Crippen LogP contribution is -2.47. The van der Waals surface area contributed by atoms with Crippen LogP contribution in [-0.4, -0.2) is 59.8 Å². The van der Waals surface area contributed by atoms with E-state index >= 15 is 0 Å². The quantitative estimate of drug-likeness (QED) is 0.830. The largest absolute Gasteiger partial charge is 0.381 e. The molecule has 0 bridgehead atoms. The lowest BCUT2D eigenvalue weighted by Gasteiger charge is -2.40. The van der Waals surface area contributed by atoms with E-state index in [2.05, 4.69) is 32.8 Å². The van der Waals surface area contributed by atoms with E-state index in [9.17, 15) is 0 Å². The van der Waals surface area contributed by atoms with Crippen molar-refractivity contribution in [3.63, 3.8) is 0 Å². The zero-order valence-corrected chi connectivity index (χ0v) is 14.9. The average Bonchev–Trinajstić information content (AvgIpc) is 3.43. The van der Waals surface area contributed by atoms with Gasteiger partial charge in [-0.25, -0.2) is 9.97 Å². The summed E-state index contributed by atoms with van der Waals surface area (Å²) in [5, 5.41) is 0. The van der Waals surface area contributed by atoms with Crippen molar-refractivity contribution in [1.82, 2.24) is 14.9 Å². The average molecular weight is 330 g/mol. The van der Waals surface area contributed by atoms with E-state index < -0.39 is 0 Å². The van der Waals surface area contributed by atoms with E-state index in [1.54, 1.807) is 6.33 Å². The van der Waals surface area contributed by atoms with E-state index in [4.69, 9.17) is 4.74 Å². The van der Waals surface area contributed by atoms with Crippen LogP contribution in [0.4, 0.5) is 5.82 Å². The first kappa shape index (κ1) is 16.3. The fourth-order valence-corrected chi connectivity index (χ4v) is 4.30. The number of aryl methyl sites for hydroxylation is 1. The molecule has 3 aliphatic rings. The molecule has 0 amide bonds. The molecule has 0 radical (unpaired) electrons. The summed E-state index contributed by atoms with van der Waals surface area (Å²) in [4.78, 5) is 14.1. The molecule has 2 saturated heterocycles. The van der Waals surface area contributed by atoms with Gasteiger partial charge in [0.05, 0.1) is 6.61 Å². The van der Waals surface area contributed by atoms with Crippen LogP contribution in [0.1, 0.15) is 44.2 Å². The zero-order valence-electron chi connectivity index (χ0n) is 14.9. The van der Waals surface area contributed by atoms with Gasteiger partial charge >= 0.3 is 0 Å². The number of piperidine rings is 1. The van der Waals surface area contributed by atoms with E-state index in [-0.39, 0.29) is 0 Å². The number of likely N-dealkylation sites (tertiary alicyclic amines) is 1. The molecule has 24 heavy (non-hydrogen) atoms. The molecule has 1 aliphatic carbocycles. The first-order valence-corrected chi connectivity index (χ1v) is 9.66. The molecular formula is C19H30N4O. The molecule has 5 nitrogen and oxygen atoms in total. The minimum Gasteiger partial charge on any atom is -0.381 e. The Morgan fingerprint density at radius 3 is 2.58 bits per heavy atom. The van der Waals surface area contributed by atoms with Crippen LogP contribution < -0.4 is 4.90 Å². The Bertz CT molecular complexity index is 534. The third-order valence-corrected chi connectivity index (χ3v) is 5.72. The lowest BCUT2D eigenvalue weighted by molar-refractivity contribution is 0.0345. The Labute approximate surface area is 145 Å². The monoisotopic (exact) mass is 330 g/mol. The molecule has 0 aromatic carbocycles. The Kier molecular flexibility index (Phi) is 4.99. The van der Waals surface area contributed by atoms with Crippen LogP contribution in [0, 0.1) is 12.8 Å². The normalized spacial score (nSPS) is 26.5. The molecular weight excluding hydrogens is 300 g/mol. The highest BCUT2D eigenvalue weighted by molar-refractivity contribution is 5.43. The van der Waals surface area contributed by atoms with Crippen molar-refractivity contribution in [2.75, 3.05) is 37.7 Å². The van der Waals surface area contributed by atoms with Gasteiger partial charge in [-0.2, -0.15) is 0 Å². The van der Waals surface area contributed by atoms with Gasteiger partial charge in [0.15, 0.2) is 0 Å². The van der Waals surface area contributed by atoms with Gasteiger partial charge in [0, 0.05) is 50.1 Å². The zero-order chi connectivity index (χ0) is 16.4. The number of rotatable bonds is 5. The van der Waals surface area contributed by atoms with E-state index in [0.29, 0.717) is 12.1 Å². The van der Waals surface area contributed by atoms with E-state index in [1.165, 1.54) is 58.2 Å². The topological polar surface area (TPSA) is 41.5 Å². The first-order chi connectivity index (χ1) is 11.8. The van der Waals surface area contributed by atoms with Crippen LogP contribution in [0.5, 0.6) is 0 Å². The van der Waals surface area contributed by atoms with Gasteiger partial charge in [0.25, 0.3) is 0 Å². The van der Waals surface area contributed by atoms with Crippen LogP contribution >= 0.6 is 0 Å². The minimum atomic E-state index is 0.644. The van der Waals surface area contributed by atoms with Crippen molar-refractivity contribution < 1.29 is 4.74 Å². The van der Waals surface area contributed by atoms with E-state index in [1.807, 2.05) is 0 Å². The Balaban J connectivity index is 1.35. The van der Waals surface area contributed by atoms with Gasteiger partial charge in [-0.3, -0.25) is 0 Å². The molecule has 1 aromatic rings. The number of anilines is 1. The second-order valence-electron chi connectivity index (χ2n) is 7.77. The van der Waals surface area contributed by atoms with Crippen molar-refractivity contribution in [2.24, 2.45) is 5.92 Å². The van der Waals surface area contributed by atoms with Crippen molar-refractivity contribution in [2.45, 2.75) is 57.5 Å². The third kappa shape index (κ3) is 3.89. The molecule has 0 spiro atoms. The summed E-state index contributed by atoms with van der Waals surface area (Å²) < 4.78 is 5.64. The summed E-state index contributed by atoms with van der Waals surface area (Å²) in [5.41, 5.74) is 1.07. The molecule has 3 fully saturated rings. The highest BCUT2D eigenvalue weighted by atomic mass is 16.5. The van der Waals surface area contributed by atoms with Gasteiger partial charge < -0.3 is 14.5 Å². The molecule has 0 N–H and O–H groups in total. The van der Waals surface area contributed by atoms with Gasteiger partial charge in [-0.05, 0) is 51.4 Å². The fraction of sp³-hybridized carbons (Fsp3) is 0.789. The smallest absolute Gasteiger partial charge is 0.132 e. The number of ether oxygens (including phenoxy) is 1. The number of nitrogens with zero attached hydrogens (tertiary/aromatic N) is 4. The van der Waals surface area contributed by atoms with Crippen molar-refractivity contribution in [1.29, 1.82) is 0 Å². The van der Waals surface area contributed by atoms with Crippen molar-refractivity contribution in [3.05, 3.63) is 18.1 Å². The van der Waals surface area contributed by atoms with Crippen LogP contribution in [0.25, 0.3) is 0 Å². The van der Waals surface area contributed by atoms with Crippen molar-refractivity contribution >= 4 is 5.82 Å². The Morgan fingerprint density at radius 1 is 1.12 bits per heavy atom. The lowest BCUT2D eigenvalue weighted by atomic mass is 9.98. The summed E-state index contributed by atoms with van der Waals surface area (Å²) in [6.45, 7) is 7.65. The summed E-state index contributed by atoms with van der Waals surface area (Å²) in [6.07, 6.45) is 9.46. The van der Waals surface area contributed by atoms with Crippen LogP contribution in [0.15, 0.2) is 12.4 Å². The summed E-state index contributed by atoms with van der Waals surface area (Å²) in [6, 6.07) is 3.51. The molecule has 5 heteroatoms. The van der Waals surface area contributed by atoms with E-state index in [0.717, 1.165) is 30.6 Å². The van der Waals surface area contributed by atoms with Gasteiger partial charge in [0.2, 0.25) is 0 Å². The molecule has 1 aromatic heterocycles. The maximum absolute atomic E-state index is 5.64. The maximum atomic E-state index is 5.64. The molecule has 4 rings (SSSR count). The van der Waals surface area contributed by atoms with Crippen LogP contribution in [0.3, 0.4) is 0 Å². The highest BCUT2D eigenvalue weighted by Crippen LogP contribution is 2.35. The number of hydrogen-bond donors (Lipinski definition) is 0. The molecule has 1 unspecified atom stereocenters. The predicted octanol–water partition coefficient (Wildman–Crippen LogP) is 2.64. The third-order valence-electron chi connectivity index (χ3n) is 5.72. The summed E-state index contributed by atoms with van der Waals surface area (Å²) in [7, 11) is 0. The van der Waals surface area contributed by atoms with Gasteiger partial charge in [-0.1, -0.05) is 0 Å². The first-order valence-electron chi connectivity index (χ1n) is 9.66. The Morgan fingerprint density at radius 2 is 1.92 bits per heavy atom. The maximum Gasteiger partial charge on any atom is 0.132 e. The second kappa shape index (κ2) is 7.36. The van der Waals surface area contributed by atoms with Gasteiger partial charge in [0.1, 0.15) is 12.1 Å². The number of hydrogen-bond acceptors (Lipinski definition) is 5.